The molecule has 0 heterocycles. The first-order chi connectivity index (χ1) is 10.6. The van der Waals surface area contributed by atoms with E-state index in [4.69, 9.17) is 27.9 Å². The topological polar surface area (TPSA) is 21.3 Å². The maximum Gasteiger partial charge on any atom is 0.124 e. The number of hydrogen-bond donors (Lipinski definition) is 1. The van der Waals surface area contributed by atoms with Gasteiger partial charge < -0.3 is 10.1 Å². The third kappa shape index (κ3) is 6.60. The fourth-order valence-electron chi connectivity index (χ4n) is 2.00. The molecular formula is C18H22Cl3NO. The Kier molecular flexibility index (Phi) is 8.78. The van der Waals surface area contributed by atoms with Crippen molar-refractivity contribution in [2.24, 2.45) is 0 Å². The summed E-state index contributed by atoms with van der Waals surface area (Å²) in [6, 6.07) is 13.9. The van der Waals surface area contributed by atoms with Gasteiger partial charge >= 0.3 is 0 Å². The van der Waals surface area contributed by atoms with Gasteiger partial charge in [0.1, 0.15) is 12.4 Å². The molecule has 126 valence electrons. The molecule has 2 aromatic rings. The Morgan fingerprint density at radius 1 is 1.04 bits per heavy atom. The van der Waals surface area contributed by atoms with Crippen LogP contribution in [0.3, 0.4) is 0 Å². The molecule has 2 nitrogen and oxygen atoms in total. The Labute approximate surface area is 154 Å². The zero-order valence-corrected chi connectivity index (χ0v) is 15.6. The van der Waals surface area contributed by atoms with Crippen molar-refractivity contribution in [1.29, 1.82) is 0 Å². The SMILES string of the molecule is CCC(C)NCc1cc(Cl)ccc1OCc1ccc(Cl)cc1.Cl. The summed E-state index contributed by atoms with van der Waals surface area (Å²) in [7, 11) is 0. The lowest BCUT2D eigenvalue weighted by Gasteiger charge is -2.15. The van der Waals surface area contributed by atoms with Crippen LogP contribution in [-0.4, -0.2) is 6.04 Å². The molecule has 2 aromatic carbocycles. The molecule has 0 aliphatic carbocycles. The molecule has 0 saturated heterocycles. The first kappa shape index (κ1) is 20.1. The molecule has 0 aliphatic heterocycles. The average molecular weight is 375 g/mol. The van der Waals surface area contributed by atoms with Crippen LogP contribution in [0.25, 0.3) is 0 Å². The molecule has 2 rings (SSSR count). The van der Waals surface area contributed by atoms with Crippen molar-refractivity contribution >= 4 is 35.6 Å². The van der Waals surface area contributed by atoms with E-state index in [0.29, 0.717) is 12.6 Å². The molecule has 0 bridgehead atoms. The second kappa shape index (κ2) is 10.0. The van der Waals surface area contributed by atoms with Gasteiger partial charge in [0.05, 0.1) is 0 Å². The number of benzene rings is 2. The molecule has 1 atom stereocenters. The van der Waals surface area contributed by atoms with E-state index in [-0.39, 0.29) is 12.4 Å². The molecule has 1 N–H and O–H groups in total. The normalized spacial score (nSPS) is 11.7. The second-order valence-electron chi connectivity index (χ2n) is 5.36. The molecule has 0 radical (unpaired) electrons. The van der Waals surface area contributed by atoms with E-state index >= 15 is 0 Å². The molecule has 0 fully saturated rings. The highest BCUT2D eigenvalue weighted by Crippen LogP contribution is 2.24. The van der Waals surface area contributed by atoms with Crippen LogP contribution in [0.4, 0.5) is 0 Å². The molecule has 0 aromatic heterocycles. The van der Waals surface area contributed by atoms with Gasteiger partial charge in [0.25, 0.3) is 0 Å². The maximum atomic E-state index is 6.10. The van der Waals surface area contributed by atoms with Gasteiger partial charge in [-0.3, -0.25) is 0 Å². The number of hydrogen-bond acceptors (Lipinski definition) is 2. The number of ether oxygens (including phenoxy) is 1. The van der Waals surface area contributed by atoms with Gasteiger partial charge in [-0.1, -0.05) is 42.3 Å². The van der Waals surface area contributed by atoms with Crippen LogP contribution in [0.2, 0.25) is 10.0 Å². The summed E-state index contributed by atoms with van der Waals surface area (Å²) in [5.74, 6) is 0.857. The highest BCUT2D eigenvalue weighted by atomic mass is 35.5. The Balaban J connectivity index is 0.00000264. The summed E-state index contributed by atoms with van der Waals surface area (Å²) < 4.78 is 5.94. The lowest BCUT2D eigenvalue weighted by molar-refractivity contribution is 0.301. The first-order valence-electron chi connectivity index (χ1n) is 7.47. The molecule has 0 saturated carbocycles. The molecular weight excluding hydrogens is 353 g/mol. The third-order valence-electron chi connectivity index (χ3n) is 3.58. The zero-order chi connectivity index (χ0) is 15.9. The third-order valence-corrected chi connectivity index (χ3v) is 4.07. The Bertz CT molecular complexity index is 602. The van der Waals surface area contributed by atoms with Crippen molar-refractivity contribution in [2.75, 3.05) is 0 Å². The fraction of sp³-hybridized carbons (Fsp3) is 0.333. The van der Waals surface area contributed by atoms with E-state index in [0.717, 1.165) is 39.9 Å². The average Bonchev–Trinajstić information content (AvgIpc) is 2.53. The quantitative estimate of drug-likeness (QED) is 0.653. The molecule has 0 aliphatic rings. The minimum Gasteiger partial charge on any atom is -0.489 e. The van der Waals surface area contributed by atoms with Crippen LogP contribution in [0.1, 0.15) is 31.4 Å². The summed E-state index contributed by atoms with van der Waals surface area (Å²) in [6.45, 7) is 5.58. The van der Waals surface area contributed by atoms with Gasteiger partial charge in [0.15, 0.2) is 0 Å². The van der Waals surface area contributed by atoms with Crippen LogP contribution in [-0.2, 0) is 13.2 Å². The number of halogens is 3. The molecule has 5 heteroatoms. The monoisotopic (exact) mass is 373 g/mol. The summed E-state index contributed by atoms with van der Waals surface area (Å²) in [5.41, 5.74) is 2.15. The lowest BCUT2D eigenvalue weighted by atomic mass is 10.1. The molecule has 23 heavy (non-hydrogen) atoms. The van der Waals surface area contributed by atoms with Crippen molar-refractivity contribution < 1.29 is 4.74 Å². The van der Waals surface area contributed by atoms with Gasteiger partial charge in [-0.2, -0.15) is 0 Å². The van der Waals surface area contributed by atoms with Crippen LogP contribution < -0.4 is 10.1 Å². The van der Waals surface area contributed by atoms with Gasteiger partial charge in [0, 0.05) is 28.2 Å². The largest absolute Gasteiger partial charge is 0.489 e. The highest BCUT2D eigenvalue weighted by molar-refractivity contribution is 6.30. The van der Waals surface area contributed by atoms with E-state index in [1.165, 1.54) is 0 Å². The summed E-state index contributed by atoms with van der Waals surface area (Å²) in [6.07, 6.45) is 1.08. The van der Waals surface area contributed by atoms with Gasteiger partial charge in [-0.05, 0) is 49.2 Å². The molecule has 0 amide bonds. The zero-order valence-electron chi connectivity index (χ0n) is 13.3. The summed E-state index contributed by atoms with van der Waals surface area (Å²) in [4.78, 5) is 0. The van der Waals surface area contributed by atoms with Crippen LogP contribution >= 0.6 is 35.6 Å². The van der Waals surface area contributed by atoms with E-state index in [1.807, 2.05) is 42.5 Å². The summed E-state index contributed by atoms with van der Waals surface area (Å²) >= 11 is 12.0. The van der Waals surface area contributed by atoms with Crippen LogP contribution in [0.5, 0.6) is 5.75 Å². The minimum atomic E-state index is 0. The van der Waals surface area contributed by atoms with Crippen LogP contribution in [0.15, 0.2) is 42.5 Å². The Morgan fingerprint density at radius 3 is 2.35 bits per heavy atom. The van der Waals surface area contributed by atoms with Crippen molar-refractivity contribution in [3.05, 3.63) is 63.6 Å². The predicted octanol–water partition coefficient (Wildman–Crippen LogP) is 5.88. The van der Waals surface area contributed by atoms with Crippen molar-refractivity contribution in [3.63, 3.8) is 0 Å². The predicted molar refractivity (Wildman–Crippen MR) is 101 cm³/mol. The first-order valence-corrected chi connectivity index (χ1v) is 8.23. The lowest BCUT2D eigenvalue weighted by Crippen LogP contribution is -2.24. The van der Waals surface area contributed by atoms with Gasteiger partial charge in [-0.15, -0.1) is 12.4 Å². The van der Waals surface area contributed by atoms with E-state index in [2.05, 4.69) is 19.2 Å². The number of rotatable bonds is 7. The Hall–Kier alpha value is -0.930. The smallest absolute Gasteiger partial charge is 0.124 e. The van der Waals surface area contributed by atoms with Gasteiger partial charge in [-0.25, -0.2) is 0 Å². The molecule has 0 spiro atoms. The molecule has 1 unspecified atom stereocenters. The number of nitrogens with one attached hydrogen (secondary N) is 1. The van der Waals surface area contributed by atoms with Crippen molar-refractivity contribution in [1.82, 2.24) is 5.32 Å². The van der Waals surface area contributed by atoms with Gasteiger partial charge in [0.2, 0.25) is 0 Å². The highest BCUT2D eigenvalue weighted by Gasteiger charge is 2.07. The minimum absolute atomic E-state index is 0. The summed E-state index contributed by atoms with van der Waals surface area (Å²) in [5, 5.41) is 4.92. The van der Waals surface area contributed by atoms with Crippen LogP contribution in [0, 0.1) is 0 Å². The van der Waals surface area contributed by atoms with E-state index in [9.17, 15) is 0 Å². The standard InChI is InChI=1S/C18H21Cl2NO.ClH/c1-3-13(2)21-11-15-10-17(20)8-9-18(15)22-12-14-4-6-16(19)7-5-14;/h4-10,13,21H,3,11-12H2,1-2H3;1H. The Morgan fingerprint density at radius 2 is 1.70 bits per heavy atom. The second-order valence-corrected chi connectivity index (χ2v) is 6.23. The van der Waals surface area contributed by atoms with Crippen molar-refractivity contribution in [2.45, 2.75) is 39.5 Å². The van der Waals surface area contributed by atoms with Crippen molar-refractivity contribution in [3.8, 4) is 5.75 Å². The maximum absolute atomic E-state index is 6.10. The van der Waals surface area contributed by atoms with E-state index in [1.54, 1.807) is 0 Å². The van der Waals surface area contributed by atoms with E-state index < -0.39 is 0 Å². The fourth-order valence-corrected chi connectivity index (χ4v) is 2.32.